The summed E-state index contributed by atoms with van der Waals surface area (Å²) in [5.41, 5.74) is 5.85. The molecule has 0 saturated heterocycles. The van der Waals surface area contributed by atoms with Crippen LogP contribution in [0.25, 0.3) is 16.6 Å². The van der Waals surface area contributed by atoms with Crippen molar-refractivity contribution < 1.29 is 0 Å². The Morgan fingerprint density at radius 1 is 0.882 bits per heavy atom. The van der Waals surface area contributed by atoms with Gasteiger partial charge in [-0.3, -0.25) is 9.98 Å². The van der Waals surface area contributed by atoms with Crippen LogP contribution in [-0.4, -0.2) is 97.5 Å². The number of imidazole rings is 1. The Hall–Kier alpha value is -3.55. The van der Waals surface area contributed by atoms with Crippen LogP contribution in [0.1, 0.15) is 18.7 Å². The van der Waals surface area contributed by atoms with E-state index < -0.39 is 0 Å². The fourth-order valence-corrected chi connectivity index (χ4v) is 4.63. The topological polar surface area (TPSA) is 55.5 Å². The van der Waals surface area contributed by atoms with Crippen LogP contribution in [0.2, 0.25) is 0 Å². The number of para-hydroxylation sites is 2. The molecule has 1 aliphatic carbocycles. The molecule has 0 unspecified atom stereocenters. The van der Waals surface area contributed by atoms with Crippen molar-refractivity contribution in [1.82, 2.24) is 29.2 Å². The average Bonchev–Trinajstić information content (AvgIpc) is 3.10. The summed E-state index contributed by atoms with van der Waals surface area (Å²) in [7, 11) is 17.8. The first-order chi connectivity index (χ1) is 16.2. The van der Waals surface area contributed by atoms with Gasteiger partial charge in [0.2, 0.25) is 0 Å². The first-order valence-electron chi connectivity index (χ1n) is 11.4. The van der Waals surface area contributed by atoms with E-state index in [9.17, 15) is 0 Å². The number of rotatable bonds is 3. The smallest absolute Gasteiger partial charge is 0.199 e. The molecule has 2 aromatic rings. The predicted octanol–water partition coefficient (Wildman–Crippen LogP) is 3.48. The van der Waals surface area contributed by atoms with Gasteiger partial charge in [0.15, 0.2) is 11.9 Å². The lowest BCUT2D eigenvalue weighted by molar-refractivity contribution is 0.504. The third-order valence-corrected chi connectivity index (χ3v) is 5.85. The van der Waals surface area contributed by atoms with Crippen LogP contribution in [-0.2, 0) is 7.05 Å². The minimum Gasteiger partial charge on any atom is -0.349 e. The quantitative estimate of drug-likeness (QED) is 0.516. The van der Waals surface area contributed by atoms with Crippen LogP contribution < -0.4 is 0 Å². The highest BCUT2D eigenvalue weighted by molar-refractivity contribution is 5.83. The molecule has 0 saturated carbocycles. The van der Waals surface area contributed by atoms with Gasteiger partial charge >= 0.3 is 0 Å². The summed E-state index contributed by atoms with van der Waals surface area (Å²) in [6, 6.07) is 8.28. The fraction of sp³-hybridized carbons (Fsp3) is 0.423. The third kappa shape index (κ3) is 5.32. The summed E-state index contributed by atoms with van der Waals surface area (Å²) in [6.07, 6.45) is 8.32. The van der Waals surface area contributed by atoms with Crippen molar-refractivity contribution in [3.63, 3.8) is 0 Å². The summed E-state index contributed by atoms with van der Waals surface area (Å²) >= 11 is 0. The number of aromatic nitrogens is 2. The molecule has 0 radical (unpaired) electrons. The van der Waals surface area contributed by atoms with Crippen molar-refractivity contribution in [2.45, 2.75) is 12.8 Å². The van der Waals surface area contributed by atoms with E-state index >= 15 is 0 Å². The SMILES string of the molecule is CN=C(N(C)C)N(C)C=C1C=C(c2nc3ccccc3n2C)CC(=CN(C)C(=NC)N(C)C)C1. The zero-order valence-corrected chi connectivity index (χ0v) is 22.0. The summed E-state index contributed by atoms with van der Waals surface area (Å²) in [6.45, 7) is 0. The van der Waals surface area contributed by atoms with Gasteiger partial charge in [-0.25, -0.2) is 4.98 Å². The van der Waals surface area contributed by atoms with E-state index in [-0.39, 0.29) is 0 Å². The van der Waals surface area contributed by atoms with Crippen molar-refractivity contribution in [3.05, 3.63) is 59.7 Å². The van der Waals surface area contributed by atoms with Crippen LogP contribution in [0.5, 0.6) is 0 Å². The lowest BCUT2D eigenvalue weighted by Crippen LogP contribution is -2.35. The van der Waals surface area contributed by atoms with Gasteiger partial charge in [-0.15, -0.1) is 0 Å². The van der Waals surface area contributed by atoms with E-state index in [4.69, 9.17) is 4.98 Å². The molecule has 1 aromatic heterocycles. The van der Waals surface area contributed by atoms with E-state index in [1.54, 1.807) is 0 Å². The monoisotopic (exact) mass is 462 g/mol. The molecule has 0 amide bonds. The first-order valence-corrected chi connectivity index (χ1v) is 11.4. The van der Waals surface area contributed by atoms with E-state index in [1.165, 1.54) is 16.7 Å². The number of hydrogen-bond acceptors (Lipinski definition) is 3. The fourth-order valence-electron chi connectivity index (χ4n) is 4.63. The molecule has 0 atom stereocenters. The van der Waals surface area contributed by atoms with Gasteiger partial charge in [0.25, 0.3) is 0 Å². The van der Waals surface area contributed by atoms with Crippen LogP contribution in [0.4, 0.5) is 0 Å². The largest absolute Gasteiger partial charge is 0.349 e. The number of guanidine groups is 2. The molecule has 8 nitrogen and oxygen atoms in total. The van der Waals surface area contributed by atoms with Gasteiger partial charge in [0.1, 0.15) is 5.82 Å². The van der Waals surface area contributed by atoms with Gasteiger partial charge in [0.05, 0.1) is 11.0 Å². The normalized spacial score (nSPS) is 17.4. The Labute approximate surface area is 203 Å². The summed E-state index contributed by atoms with van der Waals surface area (Å²) in [5.74, 6) is 2.80. The Bertz CT molecular complexity index is 1180. The Balaban J connectivity index is 2.08. The number of benzene rings is 1. The van der Waals surface area contributed by atoms with Crippen molar-refractivity contribution in [2.24, 2.45) is 17.0 Å². The molecule has 1 aliphatic rings. The van der Waals surface area contributed by atoms with E-state index in [0.717, 1.165) is 41.6 Å². The number of allylic oxidation sites excluding steroid dienone is 4. The maximum Gasteiger partial charge on any atom is 0.199 e. The molecule has 1 heterocycles. The minimum atomic E-state index is 0.829. The highest BCUT2D eigenvalue weighted by Gasteiger charge is 2.20. The lowest BCUT2D eigenvalue weighted by atomic mass is 9.90. The lowest BCUT2D eigenvalue weighted by Gasteiger charge is -2.27. The first kappa shape index (κ1) is 25.1. The molecule has 0 bridgehead atoms. The molecule has 0 spiro atoms. The minimum absolute atomic E-state index is 0.829. The average molecular weight is 463 g/mol. The van der Waals surface area contributed by atoms with E-state index in [2.05, 4.69) is 68.1 Å². The zero-order valence-electron chi connectivity index (χ0n) is 22.0. The summed E-state index contributed by atoms with van der Waals surface area (Å²) in [5, 5.41) is 0. The Morgan fingerprint density at radius 2 is 1.47 bits per heavy atom. The molecule has 8 heteroatoms. The van der Waals surface area contributed by atoms with Crippen LogP contribution in [0.15, 0.2) is 63.9 Å². The van der Waals surface area contributed by atoms with Gasteiger partial charge in [0, 0.05) is 75.8 Å². The Morgan fingerprint density at radius 3 is 2.03 bits per heavy atom. The second-order valence-corrected chi connectivity index (χ2v) is 9.06. The maximum absolute atomic E-state index is 4.97. The number of hydrogen-bond donors (Lipinski definition) is 0. The number of aryl methyl sites for hydroxylation is 1. The molecule has 1 aromatic carbocycles. The molecular weight excluding hydrogens is 424 g/mol. The summed E-state index contributed by atoms with van der Waals surface area (Å²) in [4.78, 5) is 22.1. The number of fused-ring (bicyclic) bond motifs is 1. The van der Waals surface area contributed by atoms with Crippen molar-refractivity contribution in [1.29, 1.82) is 0 Å². The molecule has 0 fully saturated rings. The molecule has 0 N–H and O–H groups in total. The number of aliphatic imine (C=N–C) groups is 2. The predicted molar refractivity (Wildman–Crippen MR) is 144 cm³/mol. The third-order valence-electron chi connectivity index (χ3n) is 5.85. The molecule has 34 heavy (non-hydrogen) atoms. The van der Waals surface area contributed by atoms with Gasteiger partial charge < -0.3 is 24.2 Å². The number of nitrogens with zero attached hydrogens (tertiary/aromatic N) is 8. The molecule has 0 aliphatic heterocycles. The molecule has 182 valence electrons. The summed E-state index contributed by atoms with van der Waals surface area (Å²) < 4.78 is 2.19. The Kier molecular flexibility index (Phi) is 7.81. The van der Waals surface area contributed by atoms with E-state index in [1.807, 2.05) is 72.2 Å². The van der Waals surface area contributed by atoms with Crippen LogP contribution in [0, 0.1) is 0 Å². The van der Waals surface area contributed by atoms with Gasteiger partial charge in [-0.2, -0.15) is 0 Å². The highest BCUT2D eigenvalue weighted by Crippen LogP contribution is 2.34. The second kappa shape index (κ2) is 10.6. The zero-order chi connectivity index (χ0) is 25.0. The van der Waals surface area contributed by atoms with E-state index in [0.29, 0.717) is 0 Å². The standard InChI is InChI=1S/C26H38N8/c1-27-25(30(3)4)32(7)17-19-14-20(18-33(8)26(28-2)31(5)6)16-21(15-19)24-29-22-12-10-11-13-23(22)34(24)9/h10-13,15,17-18H,14,16H2,1-9H3. The van der Waals surface area contributed by atoms with Crippen molar-refractivity contribution in [2.75, 3.05) is 56.4 Å². The van der Waals surface area contributed by atoms with Gasteiger partial charge in [-0.1, -0.05) is 18.2 Å². The van der Waals surface area contributed by atoms with Crippen molar-refractivity contribution in [3.8, 4) is 0 Å². The highest BCUT2D eigenvalue weighted by atomic mass is 15.3. The van der Waals surface area contributed by atoms with Crippen LogP contribution in [0.3, 0.4) is 0 Å². The molecular formula is C26H38N8. The van der Waals surface area contributed by atoms with Crippen LogP contribution >= 0.6 is 0 Å². The molecule has 3 rings (SSSR count). The second-order valence-electron chi connectivity index (χ2n) is 9.06. The maximum atomic E-state index is 4.97. The van der Waals surface area contributed by atoms with Gasteiger partial charge in [-0.05, 0) is 41.7 Å². The van der Waals surface area contributed by atoms with Crippen molar-refractivity contribution >= 4 is 28.5 Å².